The standard InChI is InChI=1S/C21H23N5O3S/c1-25-20-15(11-24-25)21(23-13-22-20)30-12-19(27)26-7-2-4-16(26)14-5-6-17-18(10-14)29-9-3-8-28-17/h5-6,10-11,13,16H,2-4,7-9,12H2,1H3. The fourth-order valence-electron chi connectivity index (χ4n) is 4.07. The summed E-state index contributed by atoms with van der Waals surface area (Å²) in [7, 11) is 1.85. The summed E-state index contributed by atoms with van der Waals surface area (Å²) in [6.07, 6.45) is 6.10. The molecule has 0 saturated carbocycles. The maximum absolute atomic E-state index is 13.1. The maximum atomic E-state index is 13.1. The van der Waals surface area contributed by atoms with E-state index in [-0.39, 0.29) is 11.9 Å². The summed E-state index contributed by atoms with van der Waals surface area (Å²) >= 11 is 1.44. The number of amides is 1. The van der Waals surface area contributed by atoms with Gasteiger partial charge in [0.05, 0.1) is 36.6 Å². The Balaban J connectivity index is 1.31. The van der Waals surface area contributed by atoms with Crippen LogP contribution in [0.4, 0.5) is 0 Å². The number of benzene rings is 1. The van der Waals surface area contributed by atoms with Crippen molar-refractivity contribution in [2.24, 2.45) is 7.05 Å². The summed E-state index contributed by atoms with van der Waals surface area (Å²) in [6.45, 7) is 2.09. The average Bonchev–Trinajstić information content (AvgIpc) is 3.33. The van der Waals surface area contributed by atoms with Gasteiger partial charge >= 0.3 is 0 Å². The number of fused-ring (bicyclic) bond motifs is 2. The second-order valence-electron chi connectivity index (χ2n) is 7.47. The molecule has 1 amide bonds. The molecule has 1 atom stereocenters. The molecule has 0 spiro atoms. The Hall–Kier alpha value is -2.81. The van der Waals surface area contributed by atoms with Gasteiger partial charge in [0.1, 0.15) is 11.4 Å². The Morgan fingerprint density at radius 1 is 1.20 bits per heavy atom. The van der Waals surface area contributed by atoms with E-state index in [1.54, 1.807) is 10.9 Å². The fourth-order valence-corrected chi connectivity index (χ4v) is 4.91. The first-order valence-electron chi connectivity index (χ1n) is 10.2. The van der Waals surface area contributed by atoms with Gasteiger partial charge < -0.3 is 14.4 Å². The molecular formula is C21H23N5O3S. The van der Waals surface area contributed by atoms with Gasteiger partial charge in [0.25, 0.3) is 0 Å². The molecular weight excluding hydrogens is 402 g/mol. The second-order valence-corrected chi connectivity index (χ2v) is 8.44. The molecule has 0 aliphatic carbocycles. The van der Waals surface area contributed by atoms with E-state index in [0.29, 0.717) is 19.0 Å². The van der Waals surface area contributed by atoms with Crippen LogP contribution in [0.1, 0.15) is 30.9 Å². The molecule has 0 radical (unpaired) electrons. The Labute approximate surface area is 178 Å². The van der Waals surface area contributed by atoms with Crippen molar-refractivity contribution in [3.8, 4) is 11.5 Å². The number of ether oxygens (including phenoxy) is 2. The van der Waals surface area contributed by atoms with Crippen LogP contribution in [0.3, 0.4) is 0 Å². The van der Waals surface area contributed by atoms with Gasteiger partial charge in [0.2, 0.25) is 5.91 Å². The number of nitrogens with zero attached hydrogens (tertiary/aromatic N) is 5. The number of aryl methyl sites for hydroxylation is 1. The predicted octanol–water partition coefficient (Wildman–Crippen LogP) is 2.98. The third-order valence-electron chi connectivity index (χ3n) is 5.55. The van der Waals surface area contributed by atoms with E-state index in [2.05, 4.69) is 21.1 Å². The van der Waals surface area contributed by atoms with Crippen LogP contribution in [0.25, 0.3) is 11.0 Å². The third kappa shape index (κ3) is 3.58. The number of thioether (sulfide) groups is 1. The average molecular weight is 426 g/mol. The van der Waals surface area contributed by atoms with E-state index < -0.39 is 0 Å². The van der Waals surface area contributed by atoms with Crippen LogP contribution in [-0.2, 0) is 11.8 Å². The highest BCUT2D eigenvalue weighted by molar-refractivity contribution is 8.00. The predicted molar refractivity (Wildman–Crippen MR) is 113 cm³/mol. The number of carbonyl (C=O) groups excluding carboxylic acids is 1. The smallest absolute Gasteiger partial charge is 0.233 e. The van der Waals surface area contributed by atoms with Crippen molar-refractivity contribution in [1.82, 2.24) is 24.6 Å². The van der Waals surface area contributed by atoms with Gasteiger partial charge in [0, 0.05) is 20.0 Å². The van der Waals surface area contributed by atoms with E-state index in [1.807, 2.05) is 24.1 Å². The second kappa shape index (κ2) is 8.14. The molecule has 9 heteroatoms. The zero-order valence-electron chi connectivity index (χ0n) is 16.8. The molecule has 2 aliphatic heterocycles. The minimum Gasteiger partial charge on any atom is -0.490 e. The first-order valence-corrected chi connectivity index (χ1v) is 11.1. The molecule has 1 aromatic carbocycles. The first-order chi connectivity index (χ1) is 14.7. The molecule has 156 valence electrons. The molecule has 0 bridgehead atoms. The molecule has 1 saturated heterocycles. The third-order valence-corrected chi connectivity index (χ3v) is 6.54. The van der Waals surface area contributed by atoms with Crippen molar-refractivity contribution in [2.75, 3.05) is 25.5 Å². The summed E-state index contributed by atoms with van der Waals surface area (Å²) < 4.78 is 13.3. The topological polar surface area (TPSA) is 82.4 Å². The zero-order valence-corrected chi connectivity index (χ0v) is 17.6. The number of aromatic nitrogens is 4. The lowest BCUT2D eigenvalue weighted by molar-refractivity contribution is -0.129. The van der Waals surface area contributed by atoms with Gasteiger partial charge in [0.15, 0.2) is 17.1 Å². The lowest BCUT2D eigenvalue weighted by Crippen LogP contribution is -2.32. The minimum absolute atomic E-state index is 0.0686. The molecule has 3 aromatic rings. The number of hydrogen-bond acceptors (Lipinski definition) is 7. The van der Waals surface area contributed by atoms with Crippen molar-refractivity contribution in [1.29, 1.82) is 0 Å². The summed E-state index contributed by atoms with van der Waals surface area (Å²) in [4.78, 5) is 23.7. The number of rotatable bonds is 4. The van der Waals surface area contributed by atoms with Crippen LogP contribution >= 0.6 is 11.8 Å². The summed E-state index contributed by atoms with van der Waals surface area (Å²) in [5.41, 5.74) is 1.87. The molecule has 2 aromatic heterocycles. The summed E-state index contributed by atoms with van der Waals surface area (Å²) in [5, 5.41) is 5.90. The van der Waals surface area contributed by atoms with Crippen LogP contribution in [-0.4, -0.2) is 56.1 Å². The largest absolute Gasteiger partial charge is 0.490 e. The number of hydrogen-bond donors (Lipinski definition) is 0. The van der Waals surface area contributed by atoms with E-state index >= 15 is 0 Å². The lowest BCUT2D eigenvalue weighted by Gasteiger charge is -2.25. The van der Waals surface area contributed by atoms with Crippen LogP contribution < -0.4 is 9.47 Å². The summed E-state index contributed by atoms with van der Waals surface area (Å²) in [6, 6.07) is 6.12. The van der Waals surface area contributed by atoms with Crippen LogP contribution in [0.2, 0.25) is 0 Å². The Kier molecular flexibility index (Phi) is 5.20. The van der Waals surface area contributed by atoms with Gasteiger partial charge in [-0.15, -0.1) is 0 Å². The SMILES string of the molecule is Cn1ncc2c(SCC(=O)N3CCCC3c3ccc4c(c3)OCCCO4)ncnc21. The molecule has 5 rings (SSSR count). The highest BCUT2D eigenvalue weighted by atomic mass is 32.2. The van der Waals surface area contributed by atoms with E-state index in [4.69, 9.17) is 9.47 Å². The highest BCUT2D eigenvalue weighted by Crippen LogP contribution is 2.38. The van der Waals surface area contributed by atoms with Crippen LogP contribution in [0.15, 0.2) is 35.7 Å². The fraction of sp³-hybridized carbons (Fsp3) is 0.429. The molecule has 1 fully saturated rings. The first kappa shape index (κ1) is 19.2. The number of carbonyl (C=O) groups is 1. The Morgan fingerprint density at radius 3 is 2.97 bits per heavy atom. The Morgan fingerprint density at radius 2 is 2.07 bits per heavy atom. The van der Waals surface area contributed by atoms with E-state index in [9.17, 15) is 4.79 Å². The molecule has 0 N–H and O–H groups in total. The molecule has 30 heavy (non-hydrogen) atoms. The Bertz CT molecular complexity index is 1090. The van der Waals surface area contributed by atoms with Crippen LogP contribution in [0.5, 0.6) is 11.5 Å². The van der Waals surface area contributed by atoms with Crippen molar-refractivity contribution >= 4 is 28.7 Å². The quantitative estimate of drug-likeness (QED) is 0.469. The molecule has 8 nitrogen and oxygen atoms in total. The van der Waals surface area contributed by atoms with Gasteiger partial charge in [-0.05, 0) is 30.5 Å². The van der Waals surface area contributed by atoms with Gasteiger partial charge in [-0.1, -0.05) is 17.8 Å². The van der Waals surface area contributed by atoms with Crippen LogP contribution in [0, 0.1) is 0 Å². The zero-order chi connectivity index (χ0) is 20.5. The molecule has 4 heterocycles. The maximum Gasteiger partial charge on any atom is 0.233 e. The molecule has 2 aliphatic rings. The normalized spacial score (nSPS) is 18.6. The monoisotopic (exact) mass is 425 g/mol. The van der Waals surface area contributed by atoms with E-state index in [1.165, 1.54) is 18.1 Å². The van der Waals surface area contributed by atoms with E-state index in [0.717, 1.165) is 58.9 Å². The van der Waals surface area contributed by atoms with Crippen molar-refractivity contribution in [3.63, 3.8) is 0 Å². The summed E-state index contributed by atoms with van der Waals surface area (Å²) in [5.74, 6) is 2.01. The minimum atomic E-state index is 0.0686. The van der Waals surface area contributed by atoms with Crippen molar-refractivity contribution in [3.05, 3.63) is 36.3 Å². The molecule has 1 unspecified atom stereocenters. The highest BCUT2D eigenvalue weighted by Gasteiger charge is 2.31. The van der Waals surface area contributed by atoms with Gasteiger partial charge in [-0.3, -0.25) is 9.48 Å². The van der Waals surface area contributed by atoms with Crippen molar-refractivity contribution in [2.45, 2.75) is 30.3 Å². The van der Waals surface area contributed by atoms with Crippen molar-refractivity contribution < 1.29 is 14.3 Å². The lowest BCUT2D eigenvalue weighted by atomic mass is 10.0. The number of likely N-dealkylation sites (tertiary alicyclic amines) is 1. The van der Waals surface area contributed by atoms with Gasteiger partial charge in [-0.25, -0.2) is 9.97 Å². The van der Waals surface area contributed by atoms with Gasteiger partial charge in [-0.2, -0.15) is 5.10 Å².